The van der Waals surface area contributed by atoms with E-state index in [1.165, 1.54) is 0 Å². The molecule has 0 saturated heterocycles. The summed E-state index contributed by atoms with van der Waals surface area (Å²) in [6, 6.07) is 6.70. The van der Waals surface area contributed by atoms with Gasteiger partial charge < -0.3 is 15.2 Å². The number of unbranched alkanes of at least 4 members (excludes halogenated alkanes) is 1. The molecule has 1 unspecified atom stereocenters. The second-order valence-corrected chi connectivity index (χ2v) is 4.91. The van der Waals surface area contributed by atoms with Crippen molar-refractivity contribution in [1.29, 1.82) is 0 Å². The fourth-order valence-corrected chi connectivity index (χ4v) is 2.09. The zero-order chi connectivity index (χ0) is 15.7. The molecule has 0 heterocycles. The zero-order valence-electron chi connectivity index (χ0n) is 12.6. The van der Waals surface area contributed by atoms with E-state index in [0.29, 0.717) is 12.8 Å². The Bertz CT molecular complexity index is 473. The highest BCUT2D eigenvalue weighted by molar-refractivity contribution is 5.83. The number of benzene rings is 1. The van der Waals surface area contributed by atoms with Crippen LogP contribution in [0.3, 0.4) is 0 Å². The van der Waals surface area contributed by atoms with Crippen LogP contribution in [0.4, 0.5) is 0 Å². The van der Waals surface area contributed by atoms with Gasteiger partial charge in [-0.25, -0.2) is 4.79 Å². The van der Waals surface area contributed by atoms with Gasteiger partial charge in [0.15, 0.2) is 0 Å². The van der Waals surface area contributed by atoms with Crippen LogP contribution in [0.2, 0.25) is 0 Å². The smallest absolute Gasteiger partial charge is 0.326 e. The summed E-state index contributed by atoms with van der Waals surface area (Å²) >= 11 is 0. The molecule has 0 aromatic heterocycles. The normalized spacial score (nSPS) is 11.7. The summed E-state index contributed by atoms with van der Waals surface area (Å²) in [6.45, 7) is 1.99. The molecule has 5 heteroatoms. The fraction of sp³-hybridized carbons (Fsp3) is 0.500. The van der Waals surface area contributed by atoms with Crippen LogP contribution in [0.1, 0.15) is 38.2 Å². The van der Waals surface area contributed by atoms with Crippen molar-refractivity contribution in [3.05, 3.63) is 29.8 Å². The third-order valence-corrected chi connectivity index (χ3v) is 3.29. The van der Waals surface area contributed by atoms with E-state index >= 15 is 0 Å². The number of ether oxygens (including phenoxy) is 1. The van der Waals surface area contributed by atoms with Gasteiger partial charge in [-0.2, -0.15) is 0 Å². The lowest BCUT2D eigenvalue weighted by atomic mass is 10.1. The van der Waals surface area contributed by atoms with E-state index in [4.69, 9.17) is 9.84 Å². The van der Waals surface area contributed by atoms with E-state index in [2.05, 4.69) is 5.32 Å². The number of para-hydroxylation sites is 1. The number of methoxy groups -OCH3 is 1. The minimum absolute atomic E-state index is 0.246. The third-order valence-electron chi connectivity index (χ3n) is 3.29. The van der Waals surface area contributed by atoms with E-state index in [9.17, 15) is 9.59 Å². The molecule has 21 heavy (non-hydrogen) atoms. The molecule has 0 spiro atoms. The first-order valence-corrected chi connectivity index (χ1v) is 7.22. The van der Waals surface area contributed by atoms with Gasteiger partial charge >= 0.3 is 5.97 Å². The molecule has 0 aliphatic heterocycles. The molecular formula is C16H23NO4. The Morgan fingerprint density at radius 3 is 2.67 bits per heavy atom. The number of aliphatic carboxylic acids is 1. The Kier molecular flexibility index (Phi) is 7.29. The second-order valence-electron chi connectivity index (χ2n) is 4.91. The highest BCUT2D eigenvalue weighted by Gasteiger charge is 2.19. The van der Waals surface area contributed by atoms with Gasteiger partial charge in [0.1, 0.15) is 11.8 Å². The number of carboxylic acids is 1. The molecule has 116 valence electrons. The molecule has 0 aliphatic rings. The second kappa shape index (κ2) is 9.00. The van der Waals surface area contributed by atoms with Gasteiger partial charge in [-0.1, -0.05) is 38.0 Å². The summed E-state index contributed by atoms with van der Waals surface area (Å²) in [5.41, 5.74) is 0.940. The number of amides is 1. The van der Waals surface area contributed by atoms with Crippen molar-refractivity contribution in [3.8, 4) is 5.75 Å². The van der Waals surface area contributed by atoms with Crippen LogP contribution in [-0.4, -0.2) is 30.1 Å². The van der Waals surface area contributed by atoms with Crippen molar-refractivity contribution in [1.82, 2.24) is 5.32 Å². The van der Waals surface area contributed by atoms with Gasteiger partial charge in [-0.3, -0.25) is 4.79 Å². The minimum Gasteiger partial charge on any atom is -0.496 e. The Balaban J connectivity index is 2.50. The summed E-state index contributed by atoms with van der Waals surface area (Å²) < 4.78 is 5.22. The minimum atomic E-state index is -0.978. The Morgan fingerprint density at radius 1 is 1.33 bits per heavy atom. The number of hydrogen-bond donors (Lipinski definition) is 2. The van der Waals surface area contributed by atoms with Crippen LogP contribution < -0.4 is 10.1 Å². The average molecular weight is 293 g/mol. The van der Waals surface area contributed by atoms with Gasteiger partial charge in [-0.15, -0.1) is 0 Å². The van der Waals surface area contributed by atoms with E-state index < -0.39 is 12.0 Å². The maximum atomic E-state index is 11.9. The van der Waals surface area contributed by atoms with Gasteiger partial charge in [0.25, 0.3) is 0 Å². The number of carbonyl (C=O) groups is 2. The standard InChI is InChI=1S/C16H23NO4/c1-3-4-8-13(16(19)20)17-15(18)11-10-12-7-5-6-9-14(12)21-2/h5-7,9,13H,3-4,8,10-11H2,1-2H3,(H,17,18)(H,19,20). The molecule has 1 atom stereocenters. The first kappa shape index (κ1) is 17.0. The van der Waals surface area contributed by atoms with E-state index in [0.717, 1.165) is 24.2 Å². The van der Waals surface area contributed by atoms with Crippen LogP contribution in [0, 0.1) is 0 Å². The van der Waals surface area contributed by atoms with Gasteiger partial charge in [0.05, 0.1) is 7.11 Å². The van der Waals surface area contributed by atoms with Crippen LogP contribution in [0.25, 0.3) is 0 Å². The van der Waals surface area contributed by atoms with E-state index in [-0.39, 0.29) is 12.3 Å². The van der Waals surface area contributed by atoms with E-state index in [1.807, 2.05) is 31.2 Å². The lowest BCUT2D eigenvalue weighted by molar-refractivity contribution is -0.142. The largest absolute Gasteiger partial charge is 0.496 e. The number of nitrogens with one attached hydrogen (secondary N) is 1. The number of carboxylic acid groups (broad SMARTS) is 1. The highest BCUT2D eigenvalue weighted by Crippen LogP contribution is 2.18. The van der Waals surface area contributed by atoms with Crippen LogP contribution >= 0.6 is 0 Å². The Labute approximate surface area is 125 Å². The molecular weight excluding hydrogens is 270 g/mol. The third kappa shape index (κ3) is 5.85. The molecule has 0 saturated carbocycles. The molecule has 1 rings (SSSR count). The van der Waals surface area contributed by atoms with Crippen molar-refractivity contribution < 1.29 is 19.4 Å². The fourth-order valence-electron chi connectivity index (χ4n) is 2.09. The summed E-state index contributed by atoms with van der Waals surface area (Å²) in [5.74, 6) is -0.482. The maximum absolute atomic E-state index is 11.9. The molecule has 0 radical (unpaired) electrons. The van der Waals surface area contributed by atoms with Crippen molar-refractivity contribution >= 4 is 11.9 Å². The first-order valence-electron chi connectivity index (χ1n) is 7.22. The number of carbonyl (C=O) groups excluding carboxylic acids is 1. The SMILES string of the molecule is CCCCC(NC(=O)CCc1ccccc1OC)C(=O)O. The van der Waals surface area contributed by atoms with Gasteiger partial charge in [0.2, 0.25) is 5.91 Å². The van der Waals surface area contributed by atoms with Crippen LogP contribution in [0.15, 0.2) is 24.3 Å². The molecule has 5 nitrogen and oxygen atoms in total. The summed E-state index contributed by atoms with van der Waals surface area (Å²) in [4.78, 5) is 23.0. The molecule has 2 N–H and O–H groups in total. The number of hydrogen-bond acceptors (Lipinski definition) is 3. The predicted octanol–water partition coefficient (Wildman–Crippen LogP) is 2.39. The lowest BCUT2D eigenvalue weighted by Gasteiger charge is -2.14. The molecule has 1 aromatic rings. The summed E-state index contributed by atoms with van der Waals surface area (Å²) in [6.07, 6.45) is 2.92. The maximum Gasteiger partial charge on any atom is 0.326 e. The van der Waals surface area contributed by atoms with Gasteiger partial charge in [0, 0.05) is 6.42 Å². The summed E-state index contributed by atoms with van der Waals surface area (Å²) in [5, 5.41) is 11.7. The summed E-state index contributed by atoms with van der Waals surface area (Å²) in [7, 11) is 1.59. The zero-order valence-corrected chi connectivity index (χ0v) is 12.6. The number of aryl methyl sites for hydroxylation is 1. The van der Waals surface area contributed by atoms with Crippen molar-refractivity contribution in [2.75, 3.05) is 7.11 Å². The van der Waals surface area contributed by atoms with Crippen LogP contribution in [0.5, 0.6) is 5.75 Å². The van der Waals surface area contributed by atoms with Crippen molar-refractivity contribution in [2.24, 2.45) is 0 Å². The van der Waals surface area contributed by atoms with E-state index in [1.54, 1.807) is 7.11 Å². The Morgan fingerprint density at radius 2 is 2.05 bits per heavy atom. The molecule has 0 fully saturated rings. The highest BCUT2D eigenvalue weighted by atomic mass is 16.5. The van der Waals surface area contributed by atoms with Crippen LogP contribution in [-0.2, 0) is 16.0 Å². The molecule has 0 bridgehead atoms. The molecule has 1 aromatic carbocycles. The molecule has 1 amide bonds. The topological polar surface area (TPSA) is 75.6 Å². The average Bonchev–Trinajstić information content (AvgIpc) is 2.49. The monoisotopic (exact) mass is 293 g/mol. The van der Waals surface area contributed by atoms with Gasteiger partial charge in [-0.05, 0) is 24.5 Å². The Hall–Kier alpha value is -2.04. The lowest BCUT2D eigenvalue weighted by Crippen LogP contribution is -2.40. The predicted molar refractivity (Wildman–Crippen MR) is 80.4 cm³/mol. The first-order chi connectivity index (χ1) is 10.1. The quantitative estimate of drug-likeness (QED) is 0.733. The molecule has 0 aliphatic carbocycles. The van der Waals surface area contributed by atoms with Crippen molar-refractivity contribution in [2.45, 2.75) is 45.1 Å². The number of rotatable bonds is 9. The van der Waals surface area contributed by atoms with Crippen molar-refractivity contribution in [3.63, 3.8) is 0 Å².